The molecular formula is C39H44N6O5. The summed E-state index contributed by atoms with van der Waals surface area (Å²) in [4.78, 5) is 30.6. The molecule has 0 bridgehead atoms. The van der Waals surface area contributed by atoms with E-state index in [1.165, 1.54) is 0 Å². The number of fused-ring (bicyclic) bond motifs is 1. The number of anilines is 3. The smallest absolute Gasteiger partial charge is 0.410 e. The van der Waals surface area contributed by atoms with Crippen LogP contribution in [0.2, 0.25) is 0 Å². The van der Waals surface area contributed by atoms with E-state index in [2.05, 4.69) is 44.5 Å². The second-order valence-electron chi connectivity index (χ2n) is 13.3. The Bertz CT molecular complexity index is 1990. The molecule has 1 saturated heterocycles. The van der Waals surface area contributed by atoms with E-state index in [0.29, 0.717) is 47.9 Å². The summed E-state index contributed by atoms with van der Waals surface area (Å²) in [5.74, 6) is 2.94. The molecule has 0 unspecified atom stereocenters. The number of nitrogens with zero attached hydrogens (tertiary/aromatic N) is 5. The lowest BCUT2D eigenvalue weighted by molar-refractivity contribution is 0.0206. The number of aromatic nitrogens is 3. The number of carbonyl (C=O) groups is 1. The summed E-state index contributed by atoms with van der Waals surface area (Å²) in [7, 11) is 5.29. The van der Waals surface area contributed by atoms with Crippen molar-refractivity contribution in [2.24, 2.45) is 0 Å². The van der Waals surface area contributed by atoms with Gasteiger partial charge in [0.2, 0.25) is 11.8 Å². The Labute approximate surface area is 293 Å². The number of rotatable bonds is 9. The van der Waals surface area contributed by atoms with Crippen LogP contribution in [0.15, 0.2) is 79.1 Å². The molecule has 1 aliphatic heterocycles. The molecule has 1 N–H and O–H groups in total. The third kappa shape index (κ3) is 7.51. The zero-order valence-corrected chi connectivity index (χ0v) is 29.7. The highest BCUT2D eigenvalue weighted by Crippen LogP contribution is 2.41. The van der Waals surface area contributed by atoms with Crippen LogP contribution in [0, 0.1) is 6.92 Å². The van der Waals surface area contributed by atoms with Gasteiger partial charge in [-0.25, -0.2) is 19.7 Å². The van der Waals surface area contributed by atoms with Gasteiger partial charge >= 0.3 is 6.09 Å². The Kier molecular flexibility index (Phi) is 9.94. The third-order valence-electron chi connectivity index (χ3n) is 8.61. The molecule has 1 aliphatic rings. The average Bonchev–Trinajstić information content (AvgIpc) is 3.11. The van der Waals surface area contributed by atoms with Crippen molar-refractivity contribution in [3.05, 3.63) is 84.7 Å². The van der Waals surface area contributed by atoms with Gasteiger partial charge in [0.25, 0.3) is 0 Å². The number of piperidine rings is 1. The van der Waals surface area contributed by atoms with E-state index in [0.717, 1.165) is 46.1 Å². The fourth-order valence-electron chi connectivity index (χ4n) is 6.14. The highest BCUT2D eigenvalue weighted by atomic mass is 16.6. The molecule has 3 aromatic carbocycles. The minimum atomic E-state index is -0.548. The first-order valence-corrected chi connectivity index (χ1v) is 16.7. The fourth-order valence-corrected chi connectivity index (χ4v) is 6.14. The van der Waals surface area contributed by atoms with E-state index >= 15 is 0 Å². The van der Waals surface area contributed by atoms with Crippen molar-refractivity contribution in [2.75, 3.05) is 44.6 Å². The number of methoxy groups -OCH3 is 2. The number of benzene rings is 3. The molecule has 1 amide bonds. The molecule has 6 rings (SSSR count). The highest BCUT2D eigenvalue weighted by Gasteiger charge is 2.28. The van der Waals surface area contributed by atoms with Crippen LogP contribution in [0.5, 0.6) is 23.1 Å². The molecule has 260 valence electrons. The van der Waals surface area contributed by atoms with Crippen molar-refractivity contribution in [1.82, 2.24) is 19.9 Å². The van der Waals surface area contributed by atoms with Crippen molar-refractivity contribution in [1.29, 1.82) is 0 Å². The first-order valence-electron chi connectivity index (χ1n) is 16.7. The largest absolute Gasteiger partial charge is 0.493 e. The number of amides is 1. The summed E-state index contributed by atoms with van der Waals surface area (Å²) in [5, 5.41) is 5.40. The Morgan fingerprint density at radius 2 is 1.76 bits per heavy atom. The quantitative estimate of drug-likeness (QED) is 0.163. The number of likely N-dealkylation sites (tertiary alicyclic amines) is 1. The van der Waals surface area contributed by atoms with Crippen LogP contribution in [-0.2, 0) is 4.74 Å². The second kappa shape index (κ2) is 14.5. The van der Waals surface area contributed by atoms with Crippen LogP contribution in [0.4, 0.5) is 22.1 Å². The van der Waals surface area contributed by atoms with Crippen LogP contribution >= 0.6 is 0 Å². The Balaban J connectivity index is 1.27. The molecule has 0 aliphatic carbocycles. The van der Waals surface area contributed by atoms with Crippen molar-refractivity contribution in [3.63, 3.8) is 0 Å². The number of ether oxygens (including phenoxy) is 4. The number of carbonyl (C=O) groups excluding carboxylic acids is 1. The number of hydrogen-bond acceptors (Lipinski definition) is 10. The van der Waals surface area contributed by atoms with Gasteiger partial charge in [-0.2, -0.15) is 0 Å². The van der Waals surface area contributed by atoms with E-state index in [4.69, 9.17) is 23.9 Å². The standard InChI is InChI=1S/C39H44N6O5/c1-25-15-17-28-29(12-8-14-32(28)44(5)27-16-18-33(47-6)34(23-27)48-7)35(25)49-36-30(13-9-20-40-36)31-19-21-41-37(43-31)42-26-11-10-22-45(24-26)38(46)50-39(2,3)4/h8-9,12-21,23,26H,10-11,22,24H2,1-7H3,(H,41,42,43)/t26-/m0/s1. The zero-order valence-electron chi connectivity index (χ0n) is 29.7. The molecule has 0 spiro atoms. The van der Waals surface area contributed by atoms with Crippen LogP contribution in [-0.4, -0.2) is 71.9 Å². The lowest BCUT2D eigenvalue weighted by Crippen LogP contribution is -2.47. The van der Waals surface area contributed by atoms with Gasteiger partial charge in [-0.3, -0.25) is 0 Å². The number of pyridine rings is 1. The van der Waals surface area contributed by atoms with Crippen molar-refractivity contribution < 1.29 is 23.7 Å². The van der Waals surface area contributed by atoms with E-state index in [-0.39, 0.29) is 12.1 Å². The van der Waals surface area contributed by atoms with Crippen molar-refractivity contribution >= 4 is 34.2 Å². The maximum Gasteiger partial charge on any atom is 0.410 e. The van der Waals surface area contributed by atoms with E-state index in [9.17, 15) is 4.79 Å². The molecule has 0 radical (unpaired) electrons. The molecule has 50 heavy (non-hydrogen) atoms. The van der Waals surface area contributed by atoms with Gasteiger partial charge in [0.1, 0.15) is 11.4 Å². The molecule has 3 heterocycles. The zero-order chi connectivity index (χ0) is 35.4. The summed E-state index contributed by atoms with van der Waals surface area (Å²) in [6.07, 6.45) is 4.86. The van der Waals surface area contributed by atoms with Gasteiger partial charge < -0.3 is 34.1 Å². The summed E-state index contributed by atoms with van der Waals surface area (Å²) in [6.45, 7) is 8.82. The normalized spacial score (nSPS) is 14.6. The monoisotopic (exact) mass is 676 g/mol. The molecule has 5 aromatic rings. The maximum absolute atomic E-state index is 12.7. The lowest BCUT2D eigenvalue weighted by atomic mass is 10.0. The summed E-state index contributed by atoms with van der Waals surface area (Å²) < 4.78 is 23.3. The second-order valence-corrected chi connectivity index (χ2v) is 13.3. The van der Waals surface area contributed by atoms with Gasteiger partial charge in [0, 0.05) is 66.8 Å². The third-order valence-corrected chi connectivity index (χ3v) is 8.61. The Morgan fingerprint density at radius 1 is 0.940 bits per heavy atom. The first-order chi connectivity index (χ1) is 24.0. The van der Waals surface area contributed by atoms with Gasteiger partial charge in [-0.1, -0.05) is 24.3 Å². The SMILES string of the molecule is COc1ccc(N(C)c2cccc3c(Oc4ncccc4-c4ccnc(N[C@H]5CCCN(C(=O)OC(C)(C)C)C5)n4)c(C)ccc23)cc1OC. The predicted octanol–water partition coefficient (Wildman–Crippen LogP) is 8.39. The van der Waals surface area contributed by atoms with Gasteiger partial charge in [-0.05, 0) is 82.5 Å². The van der Waals surface area contributed by atoms with Gasteiger partial charge in [0.05, 0.1) is 25.5 Å². The number of aryl methyl sites for hydroxylation is 1. The van der Waals surface area contributed by atoms with E-state index in [1.54, 1.807) is 31.5 Å². The Morgan fingerprint density at radius 3 is 2.54 bits per heavy atom. The molecule has 1 fully saturated rings. The Hall–Kier alpha value is -5.58. The molecule has 1 atom stereocenters. The average molecular weight is 677 g/mol. The minimum absolute atomic E-state index is 0.0131. The maximum atomic E-state index is 12.7. The fraction of sp³-hybridized carbons (Fsp3) is 0.333. The summed E-state index contributed by atoms with van der Waals surface area (Å²) in [6, 6.07) is 21.8. The highest BCUT2D eigenvalue weighted by molar-refractivity contribution is 6.00. The first kappa shape index (κ1) is 34.3. The van der Waals surface area contributed by atoms with Crippen LogP contribution in [0.1, 0.15) is 39.2 Å². The molecule has 0 saturated carbocycles. The van der Waals surface area contributed by atoms with Crippen LogP contribution in [0.3, 0.4) is 0 Å². The van der Waals surface area contributed by atoms with Crippen molar-refractivity contribution in [3.8, 4) is 34.4 Å². The minimum Gasteiger partial charge on any atom is -0.493 e. The van der Waals surface area contributed by atoms with Crippen LogP contribution < -0.4 is 24.4 Å². The van der Waals surface area contributed by atoms with E-state index in [1.807, 2.05) is 77.2 Å². The number of nitrogens with one attached hydrogen (secondary N) is 1. The van der Waals surface area contributed by atoms with Crippen molar-refractivity contribution in [2.45, 2.75) is 52.2 Å². The van der Waals surface area contributed by atoms with Crippen LogP contribution in [0.25, 0.3) is 22.0 Å². The van der Waals surface area contributed by atoms with Gasteiger partial charge in [0.15, 0.2) is 11.5 Å². The lowest BCUT2D eigenvalue weighted by Gasteiger charge is -2.34. The number of hydrogen-bond donors (Lipinski definition) is 1. The topological polar surface area (TPSA) is 111 Å². The molecule has 2 aromatic heterocycles. The molecule has 11 nitrogen and oxygen atoms in total. The predicted molar refractivity (Wildman–Crippen MR) is 196 cm³/mol. The molecule has 11 heteroatoms. The summed E-state index contributed by atoms with van der Waals surface area (Å²) >= 11 is 0. The van der Waals surface area contributed by atoms with E-state index < -0.39 is 5.60 Å². The molecular weight excluding hydrogens is 632 g/mol. The summed E-state index contributed by atoms with van der Waals surface area (Å²) in [5.41, 5.74) is 3.76. The van der Waals surface area contributed by atoms with Gasteiger partial charge in [-0.15, -0.1) is 0 Å².